The molecule has 4 rings (SSSR count). The molecule has 1 aromatic heterocycles. The summed E-state index contributed by atoms with van der Waals surface area (Å²) in [5, 5.41) is 3.12. The largest absolute Gasteiger partial charge is 0.377 e. The maximum Gasteiger partial charge on any atom is 0.253 e. The molecule has 1 saturated carbocycles. The summed E-state index contributed by atoms with van der Waals surface area (Å²) in [7, 11) is 0. The Morgan fingerprint density at radius 3 is 2.26 bits per heavy atom. The lowest BCUT2D eigenvalue weighted by Crippen LogP contribution is -2.48. The number of ether oxygens (including phenoxy) is 1. The van der Waals surface area contributed by atoms with Crippen molar-refractivity contribution in [1.82, 2.24) is 9.88 Å². The number of nitrogens with one attached hydrogen (secondary N) is 1. The number of benzene rings is 1. The van der Waals surface area contributed by atoms with Crippen molar-refractivity contribution in [3.05, 3.63) is 46.6 Å². The zero-order valence-electron chi connectivity index (χ0n) is 22.5. The first-order valence-electron chi connectivity index (χ1n) is 13.3. The first kappa shape index (κ1) is 25.9. The smallest absolute Gasteiger partial charge is 0.253 e. The Labute approximate surface area is 210 Å². The molecule has 1 aromatic carbocycles. The highest BCUT2D eigenvalue weighted by atomic mass is 19.1. The van der Waals surface area contributed by atoms with Gasteiger partial charge in [-0.1, -0.05) is 59.9 Å². The van der Waals surface area contributed by atoms with Gasteiger partial charge in [-0.05, 0) is 66.0 Å². The van der Waals surface area contributed by atoms with Gasteiger partial charge in [0.2, 0.25) is 0 Å². The Morgan fingerprint density at radius 2 is 1.69 bits per heavy atom. The van der Waals surface area contributed by atoms with E-state index in [0.717, 1.165) is 34.6 Å². The predicted molar refractivity (Wildman–Crippen MR) is 141 cm³/mol. The van der Waals surface area contributed by atoms with Crippen LogP contribution >= 0.6 is 0 Å². The second-order valence-corrected chi connectivity index (χ2v) is 12.4. The lowest BCUT2D eigenvalue weighted by atomic mass is 9.79. The first-order chi connectivity index (χ1) is 16.5. The van der Waals surface area contributed by atoms with Crippen LogP contribution in [0.1, 0.15) is 93.9 Å². The van der Waals surface area contributed by atoms with Crippen LogP contribution < -0.4 is 5.32 Å². The summed E-state index contributed by atoms with van der Waals surface area (Å²) in [6.07, 6.45) is 6.36. The van der Waals surface area contributed by atoms with Crippen molar-refractivity contribution in [3.63, 3.8) is 0 Å². The van der Waals surface area contributed by atoms with E-state index in [4.69, 9.17) is 4.74 Å². The zero-order valence-corrected chi connectivity index (χ0v) is 22.5. The Morgan fingerprint density at radius 1 is 1.03 bits per heavy atom. The van der Waals surface area contributed by atoms with Crippen LogP contribution in [0, 0.1) is 12.8 Å². The van der Waals surface area contributed by atoms with E-state index in [1.54, 1.807) is 0 Å². The van der Waals surface area contributed by atoms with Crippen molar-refractivity contribution in [1.29, 1.82) is 0 Å². The molecule has 2 heterocycles. The van der Waals surface area contributed by atoms with Gasteiger partial charge in [-0.15, -0.1) is 0 Å². The molecule has 5 heteroatoms. The molecule has 1 aliphatic heterocycles. The third-order valence-electron chi connectivity index (χ3n) is 7.96. The monoisotopic (exact) mass is 482 g/mol. The fourth-order valence-electron chi connectivity index (χ4n) is 5.24. The minimum Gasteiger partial charge on any atom is -0.377 e. The van der Waals surface area contributed by atoms with E-state index in [2.05, 4.69) is 61.8 Å². The molecule has 1 N–H and O–H groups in total. The van der Waals surface area contributed by atoms with Gasteiger partial charge >= 0.3 is 0 Å². The van der Waals surface area contributed by atoms with Gasteiger partial charge in [0.05, 0.1) is 31.5 Å². The number of carbonyl (C=O) groups excluding carboxylic acids is 1. The van der Waals surface area contributed by atoms with Crippen LogP contribution in [-0.2, 0) is 22.1 Å². The van der Waals surface area contributed by atoms with Crippen molar-refractivity contribution < 1.29 is 13.9 Å². The topological polar surface area (TPSA) is 43.3 Å². The molecule has 1 aliphatic carbocycles. The van der Waals surface area contributed by atoms with Crippen LogP contribution in [0.3, 0.4) is 0 Å². The van der Waals surface area contributed by atoms with Crippen molar-refractivity contribution >= 4 is 5.91 Å². The van der Waals surface area contributed by atoms with E-state index < -0.39 is 12.1 Å². The van der Waals surface area contributed by atoms with E-state index in [1.807, 2.05) is 13.8 Å². The SMILES string of the molecule is Cc1c(C(=O)NC2COC2)cc(-c2cc(C(C)(C)C)cc(C(C)(C)CF)c2)n1CC1CCCCC1. The standard InChI is InChI=1S/C30H43FN2O2/c1-20-26(28(34)32-25-17-35-18-25)15-27(33(20)16-21-10-8-7-9-11-21)22-12-23(29(2,3)4)14-24(13-22)30(5,6)19-31/h12-15,21,25H,7-11,16-19H2,1-6H3,(H,32,34). The maximum absolute atomic E-state index is 14.1. The number of carbonyl (C=O) groups is 1. The average molecular weight is 483 g/mol. The van der Waals surface area contributed by atoms with Crippen LogP contribution in [0.25, 0.3) is 11.3 Å². The van der Waals surface area contributed by atoms with Crippen LogP contribution in [0.2, 0.25) is 0 Å². The zero-order chi connectivity index (χ0) is 25.4. The lowest BCUT2D eigenvalue weighted by molar-refractivity contribution is -0.00347. The van der Waals surface area contributed by atoms with Gasteiger partial charge in [0.25, 0.3) is 5.91 Å². The summed E-state index contributed by atoms with van der Waals surface area (Å²) in [5.74, 6) is 0.591. The Bertz CT molecular complexity index is 1050. The molecule has 2 aromatic rings. The Hall–Kier alpha value is -2.14. The van der Waals surface area contributed by atoms with Crippen molar-refractivity contribution in [2.75, 3.05) is 19.9 Å². The molecule has 4 nitrogen and oxygen atoms in total. The number of hydrogen-bond donors (Lipinski definition) is 1. The van der Waals surface area contributed by atoms with Gasteiger partial charge in [-0.25, -0.2) is 0 Å². The number of alkyl halides is 1. The highest BCUT2D eigenvalue weighted by Crippen LogP contribution is 2.37. The summed E-state index contributed by atoms with van der Waals surface area (Å²) in [5.41, 5.74) is 5.42. The van der Waals surface area contributed by atoms with Crippen LogP contribution in [-0.4, -0.2) is 36.4 Å². The molecule has 1 amide bonds. The summed E-state index contributed by atoms with van der Waals surface area (Å²) in [6.45, 7) is 14.2. The Kier molecular flexibility index (Phi) is 7.47. The maximum atomic E-state index is 14.1. The third-order valence-corrected chi connectivity index (χ3v) is 7.96. The van der Waals surface area contributed by atoms with Crippen LogP contribution in [0.15, 0.2) is 24.3 Å². The minimum absolute atomic E-state index is 0.0317. The number of hydrogen-bond acceptors (Lipinski definition) is 2. The molecular weight excluding hydrogens is 439 g/mol. The van der Waals surface area contributed by atoms with E-state index >= 15 is 0 Å². The molecule has 192 valence electrons. The van der Waals surface area contributed by atoms with Crippen molar-refractivity contribution in [2.45, 2.75) is 97.1 Å². The number of rotatable bonds is 7. The van der Waals surface area contributed by atoms with Gasteiger partial charge in [0.1, 0.15) is 0 Å². The molecule has 0 atom stereocenters. The molecular formula is C30H43FN2O2. The minimum atomic E-state index is -0.573. The summed E-state index contributed by atoms with van der Waals surface area (Å²) in [6, 6.07) is 8.69. The summed E-state index contributed by atoms with van der Waals surface area (Å²) in [4.78, 5) is 13.2. The second-order valence-electron chi connectivity index (χ2n) is 12.4. The summed E-state index contributed by atoms with van der Waals surface area (Å²) >= 11 is 0. The lowest BCUT2D eigenvalue weighted by Gasteiger charge is -2.28. The van der Waals surface area contributed by atoms with E-state index in [-0.39, 0.29) is 17.4 Å². The number of nitrogens with zero attached hydrogens (tertiary/aromatic N) is 1. The quantitative estimate of drug-likeness (QED) is 0.476. The first-order valence-corrected chi connectivity index (χ1v) is 13.3. The molecule has 2 fully saturated rings. The fraction of sp³-hybridized carbons (Fsp3) is 0.633. The van der Waals surface area contributed by atoms with E-state index in [1.165, 1.54) is 37.7 Å². The third kappa shape index (κ3) is 5.66. The highest BCUT2D eigenvalue weighted by molar-refractivity contribution is 5.97. The average Bonchev–Trinajstić information content (AvgIpc) is 3.12. The second kappa shape index (κ2) is 10.1. The molecule has 0 bridgehead atoms. The summed E-state index contributed by atoms with van der Waals surface area (Å²) < 4.78 is 21.7. The van der Waals surface area contributed by atoms with E-state index in [0.29, 0.717) is 19.1 Å². The van der Waals surface area contributed by atoms with Gasteiger partial charge in [-0.3, -0.25) is 9.18 Å². The Balaban J connectivity index is 1.82. The van der Waals surface area contributed by atoms with Crippen LogP contribution in [0.4, 0.5) is 4.39 Å². The molecule has 2 aliphatic rings. The van der Waals surface area contributed by atoms with Crippen LogP contribution in [0.5, 0.6) is 0 Å². The molecule has 1 saturated heterocycles. The number of halogens is 1. The molecule has 35 heavy (non-hydrogen) atoms. The van der Waals surface area contributed by atoms with Crippen molar-refractivity contribution in [3.8, 4) is 11.3 Å². The molecule has 0 spiro atoms. The van der Waals surface area contributed by atoms with Gasteiger partial charge in [-0.2, -0.15) is 0 Å². The predicted octanol–water partition coefficient (Wildman–Crippen LogP) is 6.72. The fourth-order valence-corrected chi connectivity index (χ4v) is 5.24. The van der Waals surface area contributed by atoms with E-state index in [9.17, 15) is 9.18 Å². The highest BCUT2D eigenvalue weighted by Gasteiger charge is 2.28. The number of aromatic nitrogens is 1. The molecule has 0 unspecified atom stereocenters. The van der Waals surface area contributed by atoms with Gasteiger partial charge in [0, 0.05) is 23.3 Å². The van der Waals surface area contributed by atoms with Crippen molar-refractivity contribution in [2.24, 2.45) is 5.92 Å². The number of amides is 1. The van der Waals surface area contributed by atoms with Gasteiger partial charge < -0.3 is 14.6 Å². The molecule has 0 radical (unpaired) electrons. The normalized spacial score (nSPS) is 17.9. The van der Waals surface area contributed by atoms with Gasteiger partial charge in [0.15, 0.2) is 0 Å².